The highest BCUT2D eigenvalue weighted by molar-refractivity contribution is 7.99. The van der Waals surface area contributed by atoms with Crippen molar-refractivity contribution in [3.8, 4) is 0 Å². The van der Waals surface area contributed by atoms with Gasteiger partial charge in [-0.15, -0.1) is 0 Å². The summed E-state index contributed by atoms with van der Waals surface area (Å²) in [6.45, 7) is 0. The molecule has 0 radical (unpaired) electrons. The first-order valence-electron chi connectivity index (χ1n) is 5.50. The summed E-state index contributed by atoms with van der Waals surface area (Å²) in [7, 11) is 1.45. The van der Waals surface area contributed by atoms with Gasteiger partial charge in [0.1, 0.15) is 22.5 Å². The third-order valence-electron chi connectivity index (χ3n) is 2.15. The molecule has 11 heteroatoms. The number of nitrogen functional groups attached to an aromatic ring is 2. The van der Waals surface area contributed by atoms with Crippen LogP contribution in [0.4, 0.5) is 30.6 Å². The first-order valence-corrected chi connectivity index (χ1v) is 6.31. The maximum atomic E-state index is 12.7. The van der Waals surface area contributed by atoms with Crippen molar-refractivity contribution in [2.24, 2.45) is 0 Å². The second kappa shape index (κ2) is 5.60. The van der Waals surface area contributed by atoms with E-state index in [-0.39, 0.29) is 27.6 Å². The van der Waals surface area contributed by atoms with Crippen LogP contribution >= 0.6 is 11.8 Å². The summed E-state index contributed by atoms with van der Waals surface area (Å²) in [6, 6.07) is 2.67. The van der Waals surface area contributed by atoms with Gasteiger partial charge in [-0.3, -0.25) is 0 Å². The Morgan fingerprint density at radius 3 is 2.19 bits per heavy atom. The standard InChI is InChI=1S/C10H10F3N7S/c1-16-6-3-7(20-8(19-6)10(11,12)13)21-9-17-4(14)2-5(15)18-9/h2-3H,1H3,(H,16,19,20)(H4,14,15,17,18). The molecular weight excluding hydrogens is 307 g/mol. The van der Waals surface area contributed by atoms with Crippen LogP contribution in [0.25, 0.3) is 0 Å². The van der Waals surface area contributed by atoms with Crippen molar-refractivity contribution >= 4 is 29.2 Å². The van der Waals surface area contributed by atoms with Crippen molar-refractivity contribution < 1.29 is 13.2 Å². The molecule has 2 aromatic rings. The number of anilines is 3. The van der Waals surface area contributed by atoms with Crippen LogP contribution in [-0.2, 0) is 6.18 Å². The van der Waals surface area contributed by atoms with E-state index >= 15 is 0 Å². The summed E-state index contributed by atoms with van der Waals surface area (Å²) in [5, 5.41) is 2.65. The van der Waals surface area contributed by atoms with Crippen LogP contribution in [0.15, 0.2) is 22.3 Å². The fraction of sp³-hybridized carbons (Fsp3) is 0.200. The van der Waals surface area contributed by atoms with Crippen molar-refractivity contribution in [2.45, 2.75) is 16.4 Å². The highest BCUT2D eigenvalue weighted by atomic mass is 32.2. The monoisotopic (exact) mass is 317 g/mol. The molecule has 0 aliphatic rings. The van der Waals surface area contributed by atoms with Crippen LogP contribution in [0, 0.1) is 0 Å². The summed E-state index contributed by atoms with van der Waals surface area (Å²) in [6.07, 6.45) is -4.65. The lowest BCUT2D eigenvalue weighted by Gasteiger charge is -2.09. The smallest absolute Gasteiger partial charge is 0.383 e. The third-order valence-corrected chi connectivity index (χ3v) is 2.94. The minimum absolute atomic E-state index is 0.0201. The van der Waals surface area contributed by atoms with Crippen LogP contribution in [-0.4, -0.2) is 27.0 Å². The van der Waals surface area contributed by atoms with Crippen LogP contribution in [0.5, 0.6) is 0 Å². The van der Waals surface area contributed by atoms with Crippen molar-refractivity contribution in [3.05, 3.63) is 18.0 Å². The van der Waals surface area contributed by atoms with E-state index in [1.807, 2.05) is 0 Å². The average Bonchev–Trinajstić information content (AvgIpc) is 2.36. The molecular formula is C10H10F3N7S. The number of hydrogen-bond donors (Lipinski definition) is 3. The zero-order valence-corrected chi connectivity index (χ0v) is 11.5. The molecule has 0 saturated carbocycles. The van der Waals surface area contributed by atoms with Gasteiger partial charge in [0, 0.05) is 19.2 Å². The summed E-state index contributed by atoms with van der Waals surface area (Å²) in [4.78, 5) is 14.5. The molecule has 0 fully saturated rings. The highest BCUT2D eigenvalue weighted by Gasteiger charge is 2.35. The molecule has 0 spiro atoms. The van der Waals surface area contributed by atoms with E-state index < -0.39 is 12.0 Å². The molecule has 2 heterocycles. The summed E-state index contributed by atoms with van der Waals surface area (Å²) in [5.74, 6) is -1.00. The lowest BCUT2D eigenvalue weighted by molar-refractivity contribution is -0.145. The zero-order chi connectivity index (χ0) is 15.6. The summed E-state index contributed by atoms with van der Waals surface area (Å²) in [5.41, 5.74) is 11.0. The highest BCUT2D eigenvalue weighted by Crippen LogP contribution is 2.31. The van der Waals surface area contributed by atoms with E-state index in [2.05, 4.69) is 25.3 Å². The van der Waals surface area contributed by atoms with Gasteiger partial charge in [-0.2, -0.15) is 13.2 Å². The van der Waals surface area contributed by atoms with E-state index in [0.29, 0.717) is 0 Å². The molecule has 7 nitrogen and oxygen atoms in total. The number of aromatic nitrogens is 4. The SMILES string of the molecule is CNc1cc(Sc2nc(N)cc(N)n2)nc(C(F)(F)F)n1. The molecule has 0 bridgehead atoms. The summed E-state index contributed by atoms with van der Waals surface area (Å²) < 4.78 is 38.2. The number of hydrogen-bond acceptors (Lipinski definition) is 8. The maximum absolute atomic E-state index is 12.7. The average molecular weight is 317 g/mol. The van der Waals surface area contributed by atoms with Gasteiger partial charge in [0.2, 0.25) is 5.82 Å². The molecule has 0 saturated heterocycles. The van der Waals surface area contributed by atoms with E-state index in [1.165, 1.54) is 19.2 Å². The predicted octanol–water partition coefficient (Wildman–Crippen LogP) is 1.64. The van der Waals surface area contributed by atoms with Crippen LogP contribution in [0.2, 0.25) is 0 Å². The number of nitrogens with zero attached hydrogens (tertiary/aromatic N) is 4. The number of alkyl halides is 3. The fourth-order valence-corrected chi connectivity index (χ4v) is 2.13. The van der Waals surface area contributed by atoms with Gasteiger partial charge in [0.25, 0.3) is 0 Å². The maximum Gasteiger partial charge on any atom is 0.451 e. The first kappa shape index (κ1) is 15.1. The molecule has 2 aromatic heterocycles. The Hall–Kier alpha value is -2.30. The topological polar surface area (TPSA) is 116 Å². The zero-order valence-electron chi connectivity index (χ0n) is 10.6. The lowest BCUT2D eigenvalue weighted by Crippen LogP contribution is -2.13. The lowest BCUT2D eigenvalue weighted by atomic mass is 10.5. The number of rotatable bonds is 3. The van der Waals surface area contributed by atoms with Gasteiger partial charge in [-0.1, -0.05) is 0 Å². The molecule has 112 valence electrons. The van der Waals surface area contributed by atoms with Crippen LogP contribution in [0.1, 0.15) is 5.82 Å². The first-order chi connectivity index (χ1) is 9.77. The van der Waals surface area contributed by atoms with Crippen LogP contribution in [0.3, 0.4) is 0 Å². The van der Waals surface area contributed by atoms with E-state index in [4.69, 9.17) is 11.5 Å². The molecule has 0 atom stereocenters. The van der Waals surface area contributed by atoms with Gasteiger partial charge in [-0.25, -0.2) is 19.9 Å². The Morgan fingerprint density at radius 1 is 1.05 bits per heavy atom. The summed E-state index contributed by atoms with van der Waals surface area (Å²) >= 11 is 0.802. The van der Waals surface area contributed by atoms with Crippen molar-refractivity contribution in [1.82, 2.24) is 19.9 Å². The van der Waals surface area contributed by atoms with Gasteiger partial charge in [-0.05, 0) is 11.8 Å². The molecule has 2 rings (SSSR count). The predicted molar refractivity (Wildman–Crippen MR) is 71.6 cm³/mol. The minimum atomic E-state index is -4.65. The van der Waals surface area contributed by atoms with Crippen molar-refractivity contribution in [1.29, 1.82) is 0 Å². The van der Waals surface area contributed by atoms with E-state index in [0.717, 1.165) is 11.8 Å². The molecule has 0 unspecified atom stereocenters. The Morgan fingerprint density at radius 2 is 1.67 bits per heavy atom. The third kappa shape index (κ3) is 3.84. The van der Waals surface area contributed by atoms with Crippen molar-refractivity contribution in [3.63, 3.8) is 0 Å². The Balaban J connectivity index is 2.39. The van der Waals surface area contributed by atoms with Gasteiger partial charge < -0.3 is 16.8 Å². The number of nitrogens with two attached hydrogens (primary N) is 2. The quantitative estimate of drug-likeness (QED) is 0.578. The van der Waals surface area contributed by atoms with E-state index in [1.54, 1.807) is 0 Å². The second-order valence-electron chi connectivity index (χ2n) is 3.77. The molecule has 0 amide bonds. The van der Waals surface area contributed by atoms with Crippen LogP contribution < -0.4 is 16.8 Å². The largest absolute Gasteiger partial charge is 0.451 e. The molecule has 0 aliphatic heterocycles. The minimum Gasteiger partial charge on any atom is -0.383 e. The Kier molecular flexibility index (Phi) is 4.02. The molecule has 0 aliphatic carbocycles. The van der Waals surface area contributed by atoms with Gasteiger partial charge >= 0.3 is 6.18 Å². The Bertz CT molecular complexity index is 641. The van der Waals surface area contributed by atoms with E-state index in [9.17, 15) is 13.2 Å². The van der Waals surface area contributed by atoms with Gasteiger partial charge in [0.05, 0.1) is 0 Å². The van der Waals surface area contributed by atoms with Gasteiger partial charge in [0.15, 0.2) is 5.16 Å². The number of nitrogens with one attached hydrogen (secondary N) is 1. The normalized spacial score (nSPS) is 11.4. The Labute approximate surface area is 121 Å². The number of halogens is 3. The molecule has 21 heavy (non-hydrogen) atoms. The van der Waals surface area contributed by atoms with Crippen molar-refractivity contribution in [2.75, 3.05) is 23.8 Å². The second-order valence-corrected chi connectivity index (χ2v) is 4.75. The molecule has 0 aromatic carbocycles. The molecule has 5 N–H and O–H groups in total. The fourth-order valence-electron chi connectivity index (χ4n) is 1.33.